The Morgan fingerprint density at radius 2 is 2.06 bits per heavy atom. The van der Waals surface area contributed by atoms with E-state index in [2.05, 4.69) is 41.4 Å². The lowest BCUT2D eigenvalue weighted by atomic mass is 10.1. The van der Waals surface area contributed by atoms with Gasteiger partial charge in [0.1, 0.15) is 0 Å². The molecule has 1 heterocycles. The number of benzene rings is 1. The van der Waals surface area contributed by atoms with Crippen LogP contribution in [0.2, 0.25) is 0 Å². The van der Waals surface area contributed by atoms with Crippen molar-refractivity contribution in [2.24, 2.45) is 5.73 Å². The summed E-state index contributed by atoms with van der Waals surface area (Å²) in [6, 6.07) is 8.49. The van der Waals surface area contributed by atoms with Crippen LogP contribution in [-0.4, -0.2) is 25.5 Å². The van der Waals surface area contributed by atoms with Crippen LogP contribution in [0.25, 0.3) is 0 Å². The quantitative estimate of drug-likeness (QED) is 0.849. The Hall–Kier alpha value is -1.55. The molecule has 98 valence electrons. The van der Waals surface area contributed by atoms with Gasteiger partial charge in [0.2, 0.25) is 5.91 Å². The number of anilines is 1. The van der Waals surface area contributed by atoms with E-state index < -0.39 is 0 Å². The van der Waals surface area contributed by atoms with Crippen molar-refractivity contribution in [2.45, 2.75) is 25.8 Å². The van der Waals surface area contributed by atoms with E-state index in [9.17, 15) is 4.79 Å². The predicted molar refractivity (Wildman–Crippen MR) is 73.5 cm³/mol. The molecule has 18 heavy (non-hydrogen) atoms. The summed E-state index contributed by atoms with van der Waals surface area (Å²) in [5, 5.41) is 2.88. The zero-order valence-corrected chi connectivity index (χ0v) is 10.9. The summed E-state index contributed by atoms with van der Waals surface area (Å²) in [7, 11) is 0. The Morgan fingerprint density at radius 1 is 1.33 bits per heavy atom. The highest BCUT2D eigenvalue weighted by atomic mass is 16.1. The third-order valence-electron chi connectivity index (χ3n) is 3.44. The number of nitrogens with one attached hydrogen (secondary N) is 1. The third-order valence-corrected chi connectivity index (χ3v) is 3.44. The smallest absolute Gasteiger partial charge is 0.221 e. The number of carbonyl (C=O) groups excluding carboxylic acids is 1. The molecule has 0 spiro atoms. The number of nitrogens with zero attached hydrogens (tertiary/aromatic N) is 1. The lowest BCUT2D eigenvalue weighted by molar-refractivity contribution is -0.120. The van der Waals surface area contributed by atoms with Crippen LogP contribution in [0, 0.1) is 0 Å². The van der Waals surface area contributed by atoms with Crippen LogP contribution in [0.5, 0.6) is 0 Å². The minimum absolute atomic E-state index is 0.117. The lowest BCUT2D eigenvalue weighted by Crippen LogP contribution is -2.28. The maximum atomic E-state index is 11.3. The summed E-state index contributed by atoms with van der Waals surface area (Å²) in [5.41, 5.74) is 8.33. The Balaban J connectivity index is 2.06. The van der Waals surface area contributed by atoms with E-state index in [4.69, 9.17) is 5.73 Å². The number of rotatable bonds is 3. The summed E-state index contributed by atoms with van der Waals surface area (Å²) in [4.78, 5) is 13.5. The van der Waals surface area contributed by atoms with Crippen LogP contribution in [0.15, 0.2) is 24.3 Å². The molecule has 1 aliphatic rings. The molecular formula is C14H21N3O. The molecule has 4 heteroatoms. The van der Waals surface area contributed by atoms with E-state index in [1.165, 1.54) is 11.3 Å². The first kappa shape index (κ1) is 12.9. The Kier molecular flexibility index (Phi) is 4.20. The molecule has 1 amide bonds. The van der Waals surface area contributed by atoms with Crippen LogP contribution in [0.3, 0.4) is 0 Å². The van der Waals surface area contributed by atoms with Crippen molar-refractivity contribution >= 4 is 11.6 Å². The van der Waals surface area contributed by atoms with Gasteiger partial charge in [0.05, 0.1) is 0 Å². The van der Waals surface area contributed by atoms with Gasteiger partial charge >= 0.3 is 0 Å². The van der Waals surface area contributed by atoms with Gasteiger partial charge < -0.3 is 16.0 Å². The van der Waals surface area contributed by atoms with Crippen LogP contribution in [0.4, 0.5) is 5.69 Å². The van der Waals surface area contributed by atoms with E-state index >= 15 is 0 Å². The van der Waals surface area contributed by atoms with Crippen molar-refractivity contribution in [1.29, 1.82) is 0 Å². The van der Waals surface area contributed by atoms with Gasteiger partial charge in [0.15, 0.2) is 0 Å². The molecule has 1 saturated heterocycles. The molecule has 0 saturated carbocycles. The van der Waals surface area contributed by atoms with Crippen LogP contribution >= 0.6 is 0 Å². The lowest BCUT2D eigenvalue weighted by Gasteiger charge is -2.22. The first-order valence-corrected chi connectivity index (χ1v) is 6.58. The maximum absolute atomic E-state index is 11.3. The van der Waals surface area contributed by atoms with Gasteiger partial charge in [-0.05, 0) is 24.1 Å². The standard InChI is InChI=1S/C14H21N3O/c1-2-13(15)11-3-5-12(6-4-11)17-9-7-14(18)16-8-10-17/h3-6,13H,2,7-10,15H2,1H3,(H,16,18). The molecule has 0 aromatic heterocycles. The van der Waals surface area contributed by atoms with Gasteiger partial charge in [0.25, 0.3) is 0 Å². The van der Waals surface area contributed by atoms with E-state index in [1.54, 1.807) is 0 Å². The fraction of sp³-hybridized carbons (Fsp3) is 0.500. The monoisotopic (exact) mass is 247 g/mol. The minimum Gasteiger partial charge on any atom is -0.369 e. The highest BCUT2D eigenvalue weighted by Gasteiger charge is 2.13. The molecule has 2 rings (SSSR count). The van der Waals surface area contributed by atoms with Crippen molar-refractivity contribution in [2.75, 3.05) is 24.5 Å². The average molecular weight is 247 g/mol. The molecule has 3 N–H and O–H groups in total. The van der Waals surface area contributed by atoms with Gasteiger partial charge in [0, 0.05) is 37.8 Å². The second kappa shape index (κ2) is 5.87. The largest absolute Gasteiger partial charge is 0.369 e. The van der Waals surface area contributed by atoms with E-state index in [-0.39, 0.29) is 11.9 Å². The summed E-state index contributed by atoms with van der Waals surface area (Å²) in [6.45, 7) is 4.45. The molecule has 0 radical (unpaired) electrons. The summed E-state index contributed by atoms with van der Waals surface area (Å²) < 4.78 is 0. The molecule has 1 aliphatic heterocycles. The average Bonchev–Trinajstić information content (AvgIpc) is 2.63. The van der Waals surface area contributed by atoms with Crippen molar-refractivity contribution in [1.82, 2.24) is 5.32 Å². The second-order valence-electron chi connectivity index (χ2n) is 4.69. The Morgan fingerprint density at radius 3 is 2.72 bits per heavy atom. The molecule has 1 fully saturated rings. The Labute approximate surface area is 108 Å². The molecule has 1 aromatic carbocycles. The molecule has 0 bridgehead atoms. The fourth-order valence-electron chi connectivity index (χ4n) is 2.19. The van der Waals surface area contributed by atoms with Gasteiger partial charge in [-0.15, -0.1) is 0 Å². The van der Waals surface area contributed by atoms with Gasteiger partial charge in [-0.1, -0.05) is 19.1 Å². The molecule has 0 aliphatic carbocycles. The molecule has 1 unspecified atom stereocenters. The minimum atomic E-state index is 0.117. The van der Waals surface area contributed by atoms with Crippen LogP contribution < -0.4 is 16.0 Å². The SMILES string of the molecule is CCC(N)c1ccc(N2CCNC(=O)CC2)cc1. The highest BCUT2D eigenvalue weighted by molar-refractivity contribution is 5.77. The first-order valence-electron chi connectivity index (χ1n) is 6.58. The summed E-state index contributed by atoms with van der Waals surface area (Å²) in [6.07, 6.45) is 1.51. The molecule has 4 nitrogen and oxygen atoms in total. The number of hydrogen-bond acceptors (Lipinski definition) is 3. The molecular weight excluding hydrogens is 226 g/mol. The van der Waals surface area contributed by atoms with E-state index in [1.807, 2.05) is 0 Å². The number of amides is 1. The molecule has 1 atom stereocenters. The topological polar surface area (TPSA) is 58.4 Å². The van der Waals surface area contributed by atoms with Crippen molar-refractivity contribution < 1.29 is 4.79 Å². The van der Waals surface area contributed by atoms with Crippen molar-refractivity contribution in [3.63, 3.8) is 0 Å². The van der Waals surface area contributed by atoms with Gasteiger partial charge in [-0.2, -0.15) is 0 Å². The van der Waals surface area contributed by atoms with Crippen molar-refractivity contribution in [3.8, 4) is 0 Å². The van der Waals surface area contributed by atoms with Gasteiger partial charge in [-0.25, -0.2) is 0 Å². The van der Waals surface area contributed by atoms with Crippen LogP contribution in [-0.2, 0) is 4.79 Å². The zero-order valence-electron chi connectivity index (χ0n) is 10.9. The van der Waals surface area contributed by atoms with E-state index in [0.717, 1.165) is 26.1 Å². The normalized spacial score (nSPS) is 18.1. The fourth-order valence-corrected chi connectivity index (χ4v) is 2.19. The Bertz CT molecular complexity index is 402. The van der Waals surface area contributed by atoms with Gasteiger partial charge in [-0.3, -0.25) is 4.79 Å². The third kappa shape index (κ3) is 3.01. The first-order chi connectivity index (χ1) is 8.70. The highest BCUT2D eigenvalue weighted by Crippen LogP contribution is 2.20. The number of hydrogen-bond donors (Lipinski definition) is 2. The van der Waals surface area contributed by atoms with Crippen LogP contribution in [0.1, 0.15) is 31.4 Å². The predicted octanol–water partition coefficient (Wildman–Crippen LogP) is 1.42. The summed E-state index contributed by atoms with van der Waals surface area (Å²) >= 11 is 0. The summed E-state index contributed by atoms with van der Waals surface area (Å²) in [5.74, 6) is 0.141. The second-order valence-corrected chi connectivity index (χ2v) is 4.69. The van der Waals surface area contributed by atoms with Crippen molar-refractivity contribution in [3.05, 3.63) is 29.8 Å². The van der Waals surface area contributed by atoms with E-state index in [0.29, 0.717) is 6.42 Å². The number of carbonyl (C=O) groups is 1. The number of nitrogens with two attached hydrogens (primary N) is 1. The molecule has 1 aromatic rings. The maximum Gasteiger partial charge on any atom is 0.221 e. The zero-order chi connectivity index (χ0) is 13.0.